The third kappa shape index (κ3) is 4.34. The number of halogens is 1. The van der Waals surface area contributed by atoms with E-state index in [1.807, 2.05) is 13.0 Å². The Morgan fingerprint density at radius 1 is 1.29 bits per heavy atom. The number of imidazole rings is 1. The number of amides is 1. The number of rotatable bonds is 4. The van der Waals surface area contributed by atoms with Crippen molar-refractivity contribution in [2.45, 2.75) is 30.2 Å². The standard InChI is InChI=1S/C19H26ClN5O2S/c1-2-27-19(26)25-7-3-13(4-8-25)28-18-22-15-11-14(20)17(12-16(15)23-18)24-9-5-21-6-10-24/h11-13,21H,2-10H2,1H3,(H,22,23). The first-order valence-electron chi connectivity index (χ1n) is 9.87. The van der Waals surface area contributed by atoms with Crippen molar-refractivity contribution in [2.24, 2.45) is 0 Å². The summed E-state index contributed by atoms with van der Waals surface area (Å²) in [6, 6.07) is 4.07. The SMILES string of the molecule is CCOC(=O)N1CCC(Sc2nc3cc(N4CCNCC4)c(Cl)cc3[nH]2)CC1. The molecule has 3 heterocycles. The highest BCUT2D eigenvalue weighted by molar-refractivity contribution is 7.99. The van der Waals surface area contributed by atoms with Gasteiger partial charge in [-0.3, -0.25) is 0 Å². The monoisotopic (exact) mass is 423 g/mol. The molecule has 28 heavy (non-hydrogen) atoms. The van der Waals surface area contributed by atoms with E-state index in [2.05, 4.69) is 21.3 Å². The van der Waals surface area contributed by atoms with Gasteiger partial charge in [-0.2, -0.15) is 0 Å². The molecule has 2 aromatic rings. The van der Waals surface area contributed by atoms with Gasteiger partial charge in [0.2, 0.25) is 0 Å². The van der Waals surface area contributed by atoms with E-state index in [1.54, 1.807) is 16.7 Å². The molecule has 0 aliphatic carbocycles. The number of thioether (sulfide) groups is 1. The number of benzene rings is 1. The van der Waals surface area contributed by atoms with E-state index < -0.39 is 0 Å². The highest BCUT2D eigenvalue weighted by atomic mass is 35.5. The molecule has 1 aromatic carbocycles. The van der Waals surface area contributed by atoms with Crippen molar-refractivity contribution in [3.63, 3.8) is 0 Å². The molecule has 1 amide bonds. The van der Waals surface area contributed by atoms with Crippen LogP contribution in [-0.4, -0.2) is 72.1 Å². The second kappa shape index (κ2) is 8.80. The van der Waals surface area contributed by atoms with Crippen LogP contribution in [0.15, 0.2) is 17.3 Å². The molecule has 0 radical (unpaired) electrons. The lowest BCUT2D eigenvalue weighted by molar-refractivity contribution is 0.100. The van der Waals surface area contributed by atoms with Gasteiger partial charge in [0.15, 0.2) is 5.16 Å². The molecule has 0 unspecified atom stereocenters. The fourth-order valence-electron chi connectivity index (χ4n) is 3.73. The van der Waals surface area contributed by atoms with Crippen molar-refractivity contribution in [1.82, 2.24) is 20.2 Å². The molecule has 0 saturated carbocycles. The summed E-state index contributed by atoms with van der Waals surface area (Å²) in [5.41, 5.74) is 2.97. The molecule has 4 rings (SSSR count). The van der Waals surface area contributed by atoms with E-state index in [-0.39, 0.29) is 6.09 Å². The maximum absolute atomic E-state index is 11.8. The zero-order chi connectivity index (χ0) is 19.5. The number of ether oxygens (including phenoxy) is 1. The number of aromatic amines is 1. The Morgan fingerprint density at radius 3 is 2.75 bits per heavy atom. The van der Waals surface area contributed by atoms with Crippen molar-refractivity contribution < 1.29 is 9.53 Å². The number of hydrogen-bond acceptors (Lipinski definition) is 6. The van der Waals surface area contributed by atoms with Crippen LogP contribution in [-0.2, 0) is 4.74 Å². The van der Waals surface area contributed by atoms with Crippen LogP contribution < -0.4 is 10.2 Å². The summed E-state index contributed by atoms with van der Waals surface area (Å²) < 4.78 is 5.09. The first kappa shape index (κ1) is 19.7. The summed E-state index contributed by atoms with van der Waals surface area (Å²) in [7, 11) is 0. The molecule has 9 heteroatoms. The van der Waals surface area contributed by atoms with Crippen LogP contribution in [0.5, 0.6) is 0 Å². The number of piperazine rings is 1. The second-order valence-corrected chi connectivity index (χ2v) is 8.80. The maximum Gasteiger partial charge on any atom is 0.409 e. The quantitative estimate of drug-likeness (QED) is 0.785. The molecule has 2 N–H and O–H groups in total. The molecule has 2 fully saturated rings. The van der Waals surface area contributed by atoms with Gasteiger partial charge in [-0.05, 0) is 31.9 Å². The third-order valence-corrected chi connectivity index (χ3v) is 6.76. The van der Waals surface area contributed by atoms with Crippen molar-refractivity contribution >= 4 is 46.2 Å². The minimum absolute atomic E-state index is 0.204. The number of carbonyl (C=O) groups excluding carboxylic acids is 1. The maximum atomic E-state index is 11.8. The number of aromatic nitrogens is 2. The molecule has 2 aliphatic heterocycles. The van der Waals surface area contributed by atoms with Gasteiger partial charge in [0.1, 0.15) is 0 Å². The minimum Gasteiger partial charge on any atom is -0.450 e. The van der Waals surface area contributed by atoms with E-state index in [0.717, 1.165) is 79.0 Å². The van der Waals surface area contributed by atoms with E-state index in [0.29, 0.717) is 11.9 Å². The summed E-state index contributed by atoms with van der Waals surface area (Å²) in [6.07, 6.45) is 1.67. The molecule has 152 valence electrons. The molecular formula is C19H26ClN5O2S. The Balaban J connectivity index is 1.42. The number of hydrogen-bond donors (Lipinski definition) is 2. The van der Waals surface area contributed by atoms with E-state index >= 15 is 0 Å². The molecule has 0 atom stereocenters. The number of anilines is 1. The van der Waals surface area contributed by atoms with Gasteiger partial charge in [-0.15, -0.1) is 0 Å². The summed E-state index contributed by atoms with van der Waals surface area (Å²) in [4.78, 5) is 24.1. The van der Waals surface area contributed by atoms with Crippen LogP contribution in [0, 0.1) is 0 Å². The summed E-state index contributed by atoms with van der Waals surface area (Å²) >= 11 is 8.30. The fourth-order valence-corrected chi connectivity index (χ4v) is 5.09. The highest BCUT2D eigenvalue weighted by Gasteiger charge is 2.25. The van der Waals surface area contributed by atoms with Gasteiger partial charge in [0, 0.05) is 44.5 Å². The Labute approximate surface area is 174 Å². The molecule has 1 aromatic heterocycles. The van der Waals surface area contributed by atoms with Crippen LogP contribution in [0.3, 0.4) is 0 Å². The van der Waals surface area contributed by atoms with Gasteiger partial charge in [0.25, 0.3) is 0 Å². The first-order valence-corrected chi connectivity index (χ1v) is 11.1. The molecule has 7 nitrogen and oxygen atoms in total. The number of fused-ring (bicyclic) bond motifs is 1. The van der Waals surface area contributed by atoms with Gasteiger partial charge < -0.3 is 24.8 Å². The Hall–Kier alpha value is -1.64. The Kier molecular flexibility index (Phi) is 6.18. The zero-order valence-corrected chi connectivity index (χ0v) is 17.6. The minimum atomic E-state index is -0.204. The zero-order valence-electron chi connectivity index (χ0n) is 16.0. The topological polar surface area (TPSA) is 73.5 Å². The van der Waals surface area contributed by atoms with Gasteiger partial charge in [-0.25, -0.2) is 9.78 Å². The average Bonchev–Trinajstić information content (AvgIpc) is 3.09. The molecule has 0 bridgehead atoms. The molecule has 2 aliphatic rings. The van der Waals surface area contributed by atoms with Crippen molar-refractivity contribution in [3.05, 3.63) is 17.2 Å². The predicted octanol–water partition coefficient (Wildman–Crippen LogP) is 3.34. The lowest BCUT2D eigenvalue weighted by atomic mass is 10.1. The third-order valence-electron chi connectivity index (χ3n) is 5.23. The lowest BCUT2D eigenvalue weighted by Crippen LogP contribution is -2.43. The number of H-pyrrole nitrogens is 1. The fraction of sp³-hybridized carbons (Fsp3) is 0.579. The molecule has 2 saturated heterocycles. The first-order chi connectivity index (χ1) is 13.6. The largest absolute Gasteiger partial charge is 0.450 e. The van der Waals surface area contributed by atoms with Crippen LogP contribution >= 0.6 is 23.4 Å². The average molecular weight is 424 g/mol. The van der Waals surface area contributed by atoms with Crippen LogP contribution in [0.1, 0.15) is 19.8 Å². The Bertz CT molecular complexity index is 831. The Morgan fingerprint density at radius 2 is 2.04 bits per heavy atom. The number of nitrogens with zero attached hydrogens (tertiary/aromatic N) is 3. The molecular weight excluding hydrogens is 398 g/mol. The highest BCUT2D eigenvalue weighted by Crippen LogP contribution is 2.34. The van der Waals surface area contributed by atoms with Crippen molar-refractivity contribution in [1.29, 1.82) is 0 Å². The number of carbonyl (C=O) groups is 1. The van der Waals surface area contributed by atoms with E-state index in [9.17, 15) is 4.79 Å². The normalized spacial score (nSPS) is 18.6. The van der Waals surface area contributed by atoms with E-state index in [1.165, 1.54) is 0 Å². The van der Waals surface area contributed by atoms with Gasteiger partial charge in [0.05, 0.1) is 28.4 Å². The number of likely N-dealkylation sites (tertiary alicyclic amines) is 1. The van der Waals surface area contributed by atoms with Crippen molar-refractivity contribution in [3.8, 4) is 0 Å². The van der Waals surface area contributed by atoms with Crippen molar-refractivity contribution in [2.75, 3.05) is 50.8 Å². The number of piperidine rings is 1. The van der Waals surface area contributed by atoms with Gasteiger partial charge in [-0.1, -0.05) is 23.4 Å². The summed E-state index contributed by atoms with van der Waals surface area (Å²) in [6.45, 7) is 7.58. The summed E-state index contributed by atoms with van der Waals surface area (Å²) in [5, 5.41) is 5.48. The van der Waals surface area contributed by atoms with Crippen LogP contribution in [0.4, 0.5) is 10.5 Å². The van der Waals surface area contributed by atoms with Crippen LogP contribution in [0.2, 0.25) is 5.02 Å². The van der Waals surface area contributed by atoms with Crippen LogP contribution in [0.25, 0.3) is 11.0 Å². The second-order valence-electron chi connectivity index (χ2n) is 7.10. The molecule has 0 spiro atoms. The lowest BCUT2D eigenvalue weighted by Gasteiger charge is -2.30. The van der Waals surface area contributed by atoms with Gasteiger partial charge >= 0.3 is 6.09 Å². The smallest absolute Gasteiger partial charge is 0.409 e. The number of nitrogens with one attached hydrogen (secondary N) is 2. The summed E-state index contributed by atoms with van der Waals surface area (Å²) in [5.74, 6) is 0. The van der Waals surface area contributed by atoms with E-state index in [4.69, 9.17) is 21.3 Å². The predicted molar refractivity (Wildman–Crippen MR) is 114 cm³/mol.